The average molecular weight is 400 g/mol. The number of rotatable bonds is 5. The Labute approximate surface area is 174 Å². The lowest BCUT2D eigenvalue weighted by Crippen LogP contribution is -2.27. The maximum atomic E-state index is 13.1. The van der Waals surface area contributed by atoms with Gasteiger partial charge in [-0.3, -0.25) is 0 Å². The van der Waals surface area contributed by atoms with Crippen LogP contribution in [0.4, 0.5) is 16.0 Å². The summed E-state index contributed by atoms with van der Waals surface area (Å²) in [6.07, 6.45) is 7.53. The number of anilines is 2. The van der Waals surface area contributed by atoms with Crippen LogP contribution in [0.1, 0.15) is 11.3 Å². The number of aromatic nitrogens is 2. The van der Waals surface area contributed by atoms with Gasteiger partial charge in [0.2, 0.25) is 5.95 Å². The van der Waals surface area contributed by atoms with E-state index in [1.807, 2.05) is 61.7 Å². The van der Waals surface area contributed by atoms with Crippen LogP contribution in [-0.4, -0.2) is 28.2 Å². The summed E-state index contributed by atoms with van der Waals surface area (Å²) in [6.45, 7) is 0. The number of nitrogens with zero attached hydrogens (tertiary/aromatic N) is 2. The minimum Gasteiger partial charge on any atom is -0.507 e. The molecule has 0 bridgehead atoms. The summed E-state index contributed by atoms with van der Waals surface area (Å²) in [6, 6.07) is 17.1. The molecule has 6 heteroatoms. The normalized spacial score (nSPS) is 17.4. The monoisotopic (exact) mass is 400 g/mol. The van der Waals surface area contributed by atoms with Crippen molar-refractivity contribution >= 4 is 23.0 Å². The summed E-state index contributed by atoms with van der Waals surface area (Å²) in [5, 5.41) is 17.1. The van der Waals surface area contributed by atoms with E-state index in [4.69, 9.17) is 0 Å². The van der Waals surface area contributed by atoms with Crippen molar-refractivity contribution in [1.82, 2.24) is 15.3 Å². The first-order chi connectivity index (χ1) is 14.6. The summed E-state index contributed by atoms with van der Waals surface area (Å²) in [4.78, 5) is 8.82. The predicted molar refractivity (Wildman–Crippen MR) is 118 cm³/mol. The molecule has 1 aromatic heterocycles. The molecule has 0 amide bonds. The number of halogens is 1. The third-order valence-corrected chi connectivity index (χ3v) is 4.80. The third kappa shape index (κ3) is 4.29. The maximum Gasteiger partial charge on any atom is 0.227 e. The minimum absolute atomic E-state index is 0.118. The van der Waals surface area contributed by atoms with Gasteiger partial charge in [-0.25, -0.2) is 14.4 Å². The first kappa shape index (κ1) is 19.5. The molecular weight excluding hydrogens is 379 g/mol. The number of nitrogens with one attached hydrogen (secondary N) is 2. The zero-order chi connectivity index (χ0) is 20.9. The molecule has 1 aliphatic carbocycles. The van der Waals surface area contributed by atoms with Gasteiger partial charge in [-0.1, -0.05) is 42.5 Å². The molecule has 1 atom stereocenters. The van der Waals surface area contributed by atoms with E-state index < -0.39 is 0 Å². The highest BCUT2D eigenvalue weighted by Gasteiger charge is 2.19. The lowest BCUT2D eigenvalue weighted by molar-refractivity contribution is 0.502. The first-order valence-electron chi connectivity index (χ1n) is 9.56. The van der Waals surface area contributed by atoms with E-state index in [0.29, 0.717) is 17.3 Å². The summed E-state index contributed by atoms with van der Waals surface area (Å²) < 4.78 is 13.1. The van der Waals surface area contributed by atoms with Gasteiger partial charge in [-0.05, 0) is 43.5 Å². The van der Waals surface area contributed by atoms with Crippen molar-refractivity contribution in [3.8, 4) is 0 Å². The number of aliphatic hydroxyl groups is 1. The molecule has 2 aromatic carbocycles. The molecule has 1 heterocycles. The topological polar surface area (TPSA) is 70.1 Å². The number of likely N-dealkylation sites (N-methyl/N-ethyl adjacent to an activating group) is 1. The highest BCUT2D eigenvalue weighted by molar-refractivity contribution is 5.81. The number of benzene rings is 2. The summed E-state index contributed by atoms with van der Waals surface area (Å²) in [5.74, 6) is 0.321. The van der Waals surface area contributed by atoms with Crippen molar-refractivity contribution in [1.29, 1.82) is 0 Å². The Morgan fingerprint density at radius 2 is 1.80 bits per heavy atom. The van der Waals surface area contributed by atoms with Crippen LogP contribution in [0.25, 0.3) is 11.3 Å². The van der Waals surface area contributed by atoms with Gasteiger partial charge in [0.1, 0.15) is 11.6 Å². The molecule has 1 aliphatic rings. The van der Waals surface area contributed by atoms with Crippen LogP contribution >= 0.6 is 0 Å². The molecule has 3 aromatic rings. The van der Waals surface area contributed by atoms with E-state index in [1.54, 1.807) is 18.3 Å². The number of hydrogen-bond donors (Lipinski definition) is 3. The molecule has 0 aliphatic heterocycles. The maximum absolute atomic E-state index is 13.1. The van der Waals surface area contributed by atoms with Gasteiger partial charge in [0.15, 0.2) is 0 Å². The minimum atomic E-state index is -0.302. The van der Waals surface area contributed by atoms with Gasteiger partial charge in [-0.15, -0.1) is 0 Å². The van der Waals surface area contributed by atoms with Crippen molar-refractivity contribution < 1.29 is 9.50 Å². The first-order valence-corrected chi connectivity index (χ1v) is 9.56. The Morgan fingerprint density at radius 3 is 2.53 bits per heavy atom. The molecule has 0 saturated heterocycles. The van der Waals surface area contributed by atoms with Gasteiger partial charge in [0, 0.05) is 28.6 Å². The van der Waals surface area contributed by atoms with Crippen molar-refractivity contribution in [3.63, 3.8) is 0 Å². The molecule has 3 N–H and O–H groups in total. The van der Waals surface area contributed by atoms with Crippen LogP contribution in [0.3, 0.4) is 0 Å². The van der Waals surface area contributed by atoms with E-state index in [-0.39, 0.29) is 17.6 Å². The average Bonchev–Trinajstić information content (AvgIpc) is 2.80. The fourth-order valence-electron chi connectivity index (χ4n) is 3.24. The van der Waals surface area contributed by atoms with E-state index in [2.05, 4.69) is 20.6 Å². The highest BCUT2D eigenvalue weighted by atomic mass is 19.1. The Balaban J connectivity index is 1.67. The van der Waals surface area contributed by atoms with Gasteiger partial charge in [0.25, 0.3) is 0 Å². The zero-order valence-electron chi connectivity index (χ0n) is 16.4. The summed E-state index contributed by atoms with van der Waals surface area (Å²) in [7, 11) is 1.85. The highest BCUT2D eigenvalue weighted by Crippen LogP contribution is 2.29. The van der Waals surface area contributed by atoms with E-state index in [9.17, 15) is 9.50 Å². The lowest BCUT2D eigenvalue weighted by atomic mass is 9.93. The number of hydrogen-bond acceptors (Lipinski definition) is 5. The second-order valence-corrected chi connectivity index (χ2v) is 6.79. The van der Waals surface area contributed by atoms with Crippen molar-refractivity contribution in [3.05, 3.63) is 108 Å². The van der Waals surface area contributed by atoms with E-state index in [1.165, 1.54) is 12.1 Å². The quantitative estimate of drug-likeness (QED) is 0.533. The molecule has 4 rings (SSSR count). The number of aliphatic hydroxyl groups excluding tert-OH is 1. The number of allylic oxidation sites excluding steroid dienone is 2. The summed E-state index contributed by atoms with van der Waals surface area (Å²) in [5.41, 5.74) is 3.76. The molecular formula is C24H21FN4O. The van der Waals surface area contributed by atoms with Gasteiger partial charge < -0.3 is 15.7 Å². The van der Waals surface area contributed by atoms with Crippen LogP contribution in [0.15, 0.2) is 90.7 Å². The third-order valence-electron chi connectivity index (χ3n) is 4.80. The molecule has 0 saturated carbocycles. The Morgan fingerprint density at radius 1 is 1.03 bits per heavy atom. The van der Waals surface area contributed by atoms with Crippen molar-refractivity contribution in [2.75, 3.05) is 12.4 Å². The molecule has 30 heavy (non-hydrogen) atoms. The molecule has 0 fully saturated rings. The largest absolute Gasteiger partial charge is 0.507 e. The fraction of sp³-hybridized carbons (Fsp3) is 0.0833. The van der Waals surface area contributed by atoms with Gasteiger partial charge >= 0.3 is 0 Å². The second kappa shape index (κ2) is 8.71. The Bertz CT molecular complexity index is 1120. The van der Waals surface area contributed by atoms with Gasteiger partial charge in [-0.2, -0.15) is 0 Å². The van der Waals surface area contributed by atoms with Crippen molar-refractivity contribution in [2.45, 2.75) is 6.04 Å². The predicted octanol–water partition coefficient (Wildman–Crippen LogP) is 4.87. The van der Waals surface area contributed by atoms with Crippen LogP contribution in [0.2, 0.25) is 0 Å². The fourth-order valence-corrected chi connectivity index (χ4v) is 3.24. The molecule has 5 nitrogen and oxygen atoms in total. The van der Waals surface area contributed by atoms with Crippen molar-refractivity contribution in [2.24, 2.45) is 0 Å². The SMILES string of the molecule is CNC1C=CC(c2ccnc(Nc3ccc(F)cc3)n2)=C/C1=C(/O)c1ccccc1. The Kier molecular flexibility index (Phi) is 5.68. The van der Waals surface area contributed by atoms with Crippen LogP contribution in [0, 0.1) is 5.82 Å². The smallest absolute Gasteiger partial charge is 0.227 e. The molecule has 0 radical (unpaired) electrons. The second-order valence-electron chi connectivity index (χ2n) is 6.79. The zero-order valence-corrected chi connectivity index (χ0v) is 16.4. The van der Waals surface area contributed by atoms with E-state index >= 15 is 0 Å². The molecule has 1 unspecified atom stereocenters. The van der Waals surface area contributed by atoms with E-state index in [0.717, 1.165) is 16.7 Å². The Hall–Kier alpha value is -3.77. The van der Waals surface area contributed by atoms with Crippen LogP contribution < -0.4 is 10.6 Å². The standard InChI is InChI=1S/C24H21FN4O/c1-26-22-12-7-17(15-20(22)23(30)16-5-3-2-4-6-16)21-13-14-27-24(29-21)28-19-10-8-18(25)9-11-19/h2-15,22,26,30H,1H3,(H,27,28,29)/b23-20-. The van der Waals surface area contributed by atoms with Crippen LogP contribution in [0.5, 0.6) is 0 Å². The molecule has 0 spiro atoms. The van der Waals surface area contributed by atoms with Crippen LogP contribution in [-0.2, 0) is 0 Å². The lowest BCUT2D eigenvalue weighted by Gasteiger charge is -2.21. The molecule has 150 valence electrons. The van der Waals surface area contributed by atoms with Gasteiger partial charge in [0.05, 0.1) is 11.7 Å². The summed E-state index contributed by atoms with van der Waals surface area (Å²) >= 11 is 0.